The summed E-state index contributed by atoms with van der Waals surface area (Å²) in [5.74, 6) is -1.19. The van der Waals surface area contributed by atoms with Gasteiger partial charge in [-0.15, -0.1) is 11.3 Å². The summed E-state index contributed by atoms with van der Waals surface area (Å²) in [5, 5.41) is 4.21. The highest BCUT2D eigenvalue weighted by atomic mass is 32.1. The molecule has 3 N–H and O–H groups in total. The third-order valence-corrected chi connectivity index (χ3v) is 3.55. The number of thiazole rings is 1. The molecule has 23 heavy (non-hydrogen) atoms. The number of pyridine rings is 1. The summed E-state index contributed by atoms with van der Waals surface area (Å²) < 4.78 is 37.6. The van der Waals surface area contributed by atoms with Crippen LogP contribution in [0.25, 0.3) is 0 Å². The molecule has 0 spiro atoms. The van der Waals surface area contributed by atoms with Crippen molar-refractivity contribution in [2.45, 2.75) is 19.5 Å². The third kappa shape index (κ3) is 4.25. The number of nitrogens with two attached hydrogens (primary N) is 1. The number of aryl methyl sites for hydroxylation is 1. The largest absolute Gasteiger partial charge is 0.433 e. The van der Waals surface area contributed by atoms with Gasteiger partial charge in [0.1, 0.15) is 5.69 Å². The van der Waals surface area contributed by atoms with Gasteiger partial charge in [-0.05, 0) is 19.1 Å². The van der Waals surface area contributed by atoms with Crippen LogP contribution in [-0.2, 0) is 17.4 Å². The van der Waals surface area contributed by atoms with Crippen LogP contribution in [-0.4, -0.2) is 21.8 Å². The summed E-state index contributed by atoms with van der Waals surface area (Å²) in [4.78, 5) is 30.2. The van der Waals surface area contributed by atoms with Gasteiger partial charge in [0.2, 0.25) is 5.91 Å². The Hall–Kier alpha value is -2.49. The van der Waals surface area contributed by atoms with E-state index < -0.39 is 23.7 Å². The maximum absolute atomic E-state index is 12.5. The lowest BCUT2D eigenvalue weighted by atomic mass is 10.1. The van der Waals surface area contributed by atoms with Crippen molar-refractivity contribution in [3.8, 4) is 0 Å². The van der Waals surface area contributed by atoms with Crippen LogP contribution in [0.1, 0.15) is 27.4 Å². The van der Waals surface area contributed by atoms with Crippen LogP contribution in [0.4, 0.5) is 18.3 Å². The number of carbonyl (C=O) groups excluding carboxylic acids is 2. The molecule has 2 heterocycles. The summed E-state index contributed by atoms with van der Waals surface area (Å²) >= 11 is 1.08. The number of primary amides is 1. The topological polar surface area (TPSA) is 98.0 Å². The average Bonchev–Trinajstić information content (AvgIpc) is 2.83. The summed E-state index contributed by atoms with van der Waals surface area (Å²) in [7, 11) is 0. The Kier molecular flexibility index (Phi) is 4.64. The van der Waals surface area contributed by atoms with E-state index in [0.29, 0.717) is 5.69 Å². The van der Waals surface area contributed by atoms with Crippen LogP contribution >= 0.6 is 11.3 Å². The number of carbonyl (C=O) groups is 2. The lowest BCUT2D eigenvalue weighted by Gasteiger charge is -2.09. The number of hydrogen-bond donors (Lipinski definition) is 2. The van der Waals surface area contributed by atoms with E-state index in [1.807, 2.05) is 0 Å². The highest BCUT2D eigenvalue weighted by molar-refractivity contribution is 7.14. The van der Waals surface area contributed by atoms with Gasteiger partial charge in [-0.3, -0.25) is 14.9 Å². The van der Waals surface area contributed by atoms with Crippen LogP contribution in [0, 0.1) is 6.92 Å². The Balaban J connectivity index is 2.15. The molecule has 0 aliphatic carbocycles. The Morgan fingerprint density at radius 3 is 2.57 bits per heavy atom. The van der Waals surface area contributed by atoms with Crippen LogP contribution in [0.3, 0.4) is 0 Å². The zero-order valence-corrected chi connectivity index (χ0v) is 12.6. The minimum absolute atomic E-state index is 0.00431. The number of anilines is 1. The zero-order valence-electron chi connectivity index (χ0n) is 11.8. The van der Waals surface area contributed by atoms with E-state index in [1.165, 1.54) is 6.92 Å². The maximum atomic E-state index is 12.5. The van der Waals surface area contributed by atoms with Gasteiger partial charge >= 0.3 is 6.18 Å². The molecule has 0 aliphatic heterocycles. The van der Waals surface area contributed by atoms with Crippen molar-refractivity contribution in [3.63, 3.8) is 0 Å². The summed E-state index contributed by atoms with van der Waals surface area (Å²) in [6, 6.07) is 1.79. The number of aromatic nitrogens is 2. The summed E-state index contributed by atoms with van der Waals surface area (Å²) in [6.07, 6.45) is -4.63. The second kappa shape index (κ2) is 6.32. The summed E-state index contributed by atoms with van der Waals surface area (Å²) in [6.45, 7) is 1.31. The molecule has 2 aromatic rings. The standard InChI is InChI=1S/C13H11F3N4O2S/c1-6-8(2-3-9(18-6)13(14,15)16)11(22)20-12-19-7(5-23-12)4-10(17)21/h2-3,5H,4H2,1H3,(H2,17,21)(H,19,20,22). The first-order valence-electron chi connectivity index (χ1n) is 6.25. The van der Waals surface area contributed by atoms with Gasteiger partial charge in [0.05, 0.1) is 23.4 Å². The number of halogens is 3. The minimum Gasteiger partial charge on any atom is -0.369 e. The number of hydrogen-bond acceptors (Lipinski definition) is 5. The lowest BCUT2D eigenvalue weighted by molar-refractivity contribution is -0.141. The van der Waals surface area contributed by atoms with E-state index in [0.717, 1.165) is 23.5 Å². The molecule has 0 unspecified atom stereocenters. The molecule has 2 rings (SSSR count). The molecule has 0 fully saturated rings. The molecule has 6 nitrogen and oxygen atoms in total. The van der Waals surface area contributed by atoms with Crippen molar-refractivity contribution >= 4 is 28.3 Å². The lowest BCUT2D eigenvalue weighted by Crippen LogP contribution is -2.17. The van der Waals surface area contributed by atoms with Crippen molar-refractivity contribution in [1.82, 2.24) is 9.97 Å². The van der Waals surface area contributed by atoms with E-state index in [1.54, 1.807) is 5.38 Å². The van der Waals surface area contributed by atoms with Gasteiger partial charge in [0.15, 0.2) is 5.13 Å². The fourth-order valence-electron chi connectivity index (χ4n) is 1.75. The molecule has 0 aliphatic rings. The summed E-state index contributed by atoms with van der Waals surface area (Å²) in [5.41, 5.74) is 4.33. The van der Waals surface area contributed by atoms with E-state index in [9.17, 15) is 22.8 Å². The van der Waals surface area contributed by atoms with E-state index >= 15 is 0 Å². The van der Waals surface area contributed by atoms with Crippen molar-refractivity contribution in [2.75, 3.05) is 5.32 Å². The van der Waals surface area contributed by atoms with Gasteiger partial charge < -0.3 is 5.73 Å². The van der Waals surface area contributed by atoms with Crippen molar-refractivity contribution in [1.29, 1.82) is 0 Å². The van der Waals surface area contributed by atoms with Gasteiger partial charge in [-0.1, -0.05) is 0 Å². The molecular weight excluding hydrogens is 333 g/mol. The fourth-order valence-corrected chi connectivity index (χ4v) is 2.45. The van der Waals surface area contributed by atoms with Crippen LogP contribution in [0.5, 0.6) is 0 Å². The monoisotopic (exact) mass is 344 g/mol. The molecule has 2 aromatic heterocycles. The molecule has 0 saturated carbocycles. The van der Waals surface area contributed by atoms with Crippen LogP contribution in [0.15, 0.2) is 17.5 Å². The van der Waals surface area contributed by atoms with Gasteiger partial charge in [-0.2, -0.15) is 13.2 Å². The Morgan fingerprint density at radius 2 is 2.00 bits per heavy atom. The molecule has 0 radical (unpaired) electrons. The quantitative estimate of drug-likeness (QED) is 0.888. The smallest absolute Gasteiger partial charge is 0.369 e. The van der Waals surface area contributed by atoms with Crippen LogP contribution < -0.4 is 11.1 Å². The van der Waals surface area contributed by atoms with E-state index in [-0.39, 0.29) is 22.8 Å². The van der Waals surface area contributed by atoms with E-state index in [4.69, 9.17) is 5.73 Å². The third-order valence-electron chi connectivity index (χ3n) is 2.75. The SMILES string of the molecule is Cc1nc(C(F)(F)F)ccc1C(=O)Nc1nc(CC(N)=O)cs1. The maximum Gasteiger partial charge on any atom is 0.433 e. The first kappa shape index (κ1) is 16.9. The second-order valence-corrected chi connectivity index (χ2v) is 5.43. The Bertz CT molecular complexity index is 758. The molecule has 10 heteroatoms. The number of rotatable bonds is 4. The molecule has 0 bridgehead atoms. The predicted molar refractivity (Wildman–Crippen MR) is 76.9 cm³/mol. The van der Waals surface area contributed by atoms with Crippen molar-refractivity contribution in [3.05, 3.63) is 40.2 Å². The molecule has 0 saturated heterocycles. The number of alkyl halides is 3. The van der Waals surface area contributed by atoms with Gasteiger partial charge in [-0.25, -0.2) is 9.97 Å². The number of nitrogens with zero attached hydrogens (tertiary/aromatic N) is 2. The van der Waals surface area contributed by atoms with Crippen LogP contribution in [0.2, 0.25) is 0 Å². The molecule has 0 atom stereocenters. The highest BCUT2D eigenvalue weighted by Crippen LogP contribution is 2.28. The minimum atomic E-state index is -4.57. The van der Waals surface area contributed by atoms with E-state index in [2.05, 4.69) is 15.3 Å². The molecule has 122 valence electrons. The Labute approximate surface area is 132 Å². The zero-order chi connectivity index (χ0) is 17.2. The number of nitrogens with one attached hydrogen (secondary N) is 1. The first-order chi connectivity index (χ1) is 10.7. The fraction of sp³-hybridized carbons (Fsp3) is 0.231. The molecule has 2 amide bonds. The average molecular weight is 344 g/mol. The highest BCUT2D eigenvalue weighted by Gasteiger charge is 2.33. The number of amides is 2. The predicted octanol–water partition coefficient (Wildman–Crippen LogP) is 2.15. The Morgan fingerprint density at radius 1 is 1.30 bits per heavy atom. The normalized spacial score (nSPS) is 11.3. The van der Waals surface area contributed by atoms with Gasteiger partial charge in [0, 0.05) is 5.38 Å². The molecule has 0 aromatic carbocycles. The molecular formula is C13H11F3N4O2S. The first-order valence-corrected chi connectivity index (χ1v) is 7.13. The van der Waals surface area contributed by atoms with Crippen molar-refractivity contribution < 1.29 is 22.8 Å². The van der Waals surface area contributed by atoms with Crippen molar-refractivity contribution in [2.24, 2.45) is 5.73 Å². The van der Waals surface area contributed by atoms with Gasteiger partial charge in [0.25, 0.3) is 5.91 Å². The second-order valence-electron chi connectivity index (χ2n) is 4.57.